The summed E-state index contributed by atoms with van der Waals surface area (Å²) in [7, 11) is -1.50. The van der Waals surface area contributed by atoms with Gasteiger partial charge in [-0.25, -0.2) is 0 Å². The van der Waals surface area contributed by atoms with Gasteiger partial charge in [-0.1, -0.05) is 19.3 Å². The molecule has 2 heterocycles. The third-order valence-corrected chi connectivity index (χ3v) is 7.28. The van der Waals surface area contributed by atoms with Gasteiger partial charge in [0.05, 0.1) is 0 Å². The van der Waals surface area contributed by atoms with E-state index in [2.05, 4.69) is 5.32 Å². The smallest absolute Gasteiger partial charge is 0.282 e. The minimum atomic E-state index is -3.28. The van der Waals surface area contributed by atoms with Crippen molar-refractivity contribution in [1.82, 2.24) is 13.9 Å². The van der Waals surface area contributed by atoms with E-state index in [-0.39, 0.29) is 18.4 Å². The van der Waals surface area contributed by atoms with E-state index < -0.39 is 10.2 Å². The molecule has 3 fully saturated rings. The minimum absolute atomic E-state index is 0. The van der Waals surface area contributed by atoms with Gasteiger partial charge < -0.3 is 5.32 Å². The summed E-state index contributed by atoms with van der Waals surface area (Å²) in [4.78, 5) is 0. The van der Waals surface area contributed by atoms with Gasteiger partial charge in [0.2, 0.25) is 0 Å². The highest BCUT2D eigenvalue weighted by molar-refractivity contribution is 7.86. The Morgan fingerprint density at radius 1 is 1.00 bits per heavy atom. The van der Waals surface area contributed by atoms with Gasteiger partial charge in [-0.05, 0) is 32.1 Å². The fourth-order valence-corrected chi connectivity index (χ4v) is 5.59. The summed E-state index contributed by atoms with van der Waals surface area (Å²) in [6.07, 6.45) is 8.90. The number of fused-ring (bicyclic) bond motifs is 2. The first-order chi connectivity index (χ1) is 9.57. The molecular formula is C14H28ClN3O2S. The highest BCUT2D eigenvalue weighted by Crippen LogP contribution is 2.27. The Kier molecular flexibility index (Phi) is 5.93. The number of nitrogens with zero attached hydrogens (tertiary/aromatic N) is 2. The topological polar surface area (TPSA) is 52.7 Å². The van der Waals surface area contributed by atoms with Crippen molar-refractivity contribution in [2.45, 2.75) is 69.5 Å². The van der Waals surface area contributed by atoms with Gasteiger partial charge in [0, 0.05) is 38.3 Å². The first-order valence-electron chi connectivity index (χ1n) is 8.06. The molecule has 3 rings (SSSR count). The van der Waals surface area contributed by atoms with E-state index >= 15 is 0 Å². The summed E-state index contributed by atoms with van der Waals surface area (Å²) in [5, 5.41) is 3.55. The molecule has 2 bridgehead atoms. The molecule has 21 heavy (non-hydrogen) atoms. The van der Waals surface area contributed by atoms with Crippen molar-refractivity contribution in [3.63, 3.8) is 0 Å². The minimum Gasteiger partial charge on any atom is -0.310 e. The van der Waals surface area contributed by atoms with Crippen molar-refractivity contribution in [2.75, 3.05) is 20.1 Å². The second kappa shape index (κ2) is 7.13. The monoisotopic (exact) mass is 337 g/mol. The predicted octanol–water partition coefficient (Wildman–Crippen LogP) is 1.74. The van der Waals surface area contributed by atoms with Crippen LogP contribution < -0.4 is 5.32 Å². The van der Waals surface area contributed by atoms with Crippen LogP contribution in [0, 0.1) is 0 Å². The third kappa shape index (κ3) is 3.72. The van der Waals surface area contributed by atoms with Gasteiger partial charge in [-0.3, -0.25) is 0 Å². The van der Waals surface area contributed by atoms with E-state index in [9.17, 15) is 8.42 Å². The Morgan fingerprint density at radius 3 is 2.38 bits per heavy atom. The van der Waals surface area contributed by atoms with Gasteiger partial charge in [0.15, 0.2) is 0 Å². The Morgan fingerprint density at radius 2 is 1.67 bits per heavy atom. The molecule has 0 radical (unpaired) electrons. The van der Waals surface area contributed by atoms with Gasteiger partial charge in [0.25, 0.3) is 10.2 Å². The first kappa shape index (κ1) is 17.5. The first-order valence-corrected chi connectivity index (χ1v) is 9.46. The van der Waals surface area contributed by atoms with Crippen molar-refractivity contribution in [1.29, 1.82) is 0 Å². The number of hydrogen-bond donors (Lipinski definition) is 1. The molecule has 2 aliphatic heterocycles. The largest absolute Gasteiger partial charge is 0.310 e. The standard InChI is InChI=1S/C14H27N3O2S.ClH/c1-16(14-5-3-2-4-6-14)20(18,19)17-10-9-12-7-8-13(11-17)15-12;/h12-15H,2-11H2,1H3;1H. The summed E-state index contributed by atoms with van der Waals surface area (Å²) in [6, 6.07) is 1.10. The van der Waals surface area contributed by atoms with E-state index in [0.29, 0.717) is 25.2 Å². The van der Waals surface area contributed by atoms with Crippen molar-refractivity contribution in [2.24, 2.45) is 0 Å². The second-order valence-electron chi connectivity index (χ2n) is 6.60. The van der Waals surface area contributed by atoms with Crippen molar-refractivity contribution in [3.8, 4) is 0 Å². The van der Waals surface area contributed by atoms with Crippen molar-refractivity contribution >= 4 is 22.6 Å². The van der Waals surface area contributed by atoms with Crippen LogP contribution in [0.2, 0.25) is 0 Å². The molecule has 0 amide bonds. The average Bonchev–Trinajstić information content (AvgIpc) is 2.77. The fraction of sp³-hybridized carbons (Fsp3) is 1.00. The molecule has 1 saturated carbocycles. The number of halogens is 1. The molecule has 2 saturated heterocycles. The van der Waals surface area contributed by atoms with E-state index in [1.54, 1.807) is 15.7 Å². The van der Waals surface area contributed by atoms with Crippen molar-refractivity contribution < 1.29 is 8.42 Å². The van der Waals surface area contributed by atoms with Crippen LogP contribution in [0.15, 0.2) is 0 Å². The normalized spacial score (nSPS) is 31.9. The maximum atomic E-state index is 12.8. The Balaban J connectivity index is 0.00000161. The molecule has 3 aliphatic rings. The molecule has 0 aromatic rings. The number of hydrogen-bond acceptors (Lipinski definition) is 3. The summed E-state index contributed by atoms with van der Waals surface area (Å²) >= 11 is 0. The van der Waals surface area contributed by atoms with E-state index in [1.807, 2.05) is 0 Å². The molecular weight excluding hydrogens is 310 g/mol. The zero-order chi connectivity index (χ0) is 14.2. The average molecular weight is 338 g/mol. The zero-order valence-electron chi connectivity index (χ0n) is 12.8. The van der Waals surface area contributed by atoms with Crippen LogP contribution in [0.25, 0.3) is 0 Å². The summed E-state index contributed by atoms with van der Waals surface area (Å²) in [5.74, 6) is 0. The van der Waals surface area contributed by atoms with Crippen LogP contribution in [-0.4, -0.2) is 55.3 Å². The molecule has 7 heteroatoms. The molecule has 1 N–H and O–H groups in total. The molecule has 124 valence electrons. The maximum absolute atomic E-state index is 12.8. The molecule has 2 atom stereocenters. The lowest BCUT2D eigenvalue weighted by atomic mass is 9.96. The van der Waals surface area contributed by atoms with Gasteiger partial charge in [-0.2, -0.15) is 17.0 Å². The summed E-state index contributed by atoms with van der Waals surface area (Å²) < 4.78 is 29.1. The SMILES string of the molecule is CN(C1CCCCC1)S(=O)(=O)N1CCC2CCC(C1)N2.Cl. The second-order valence-corrected chi connectivity index (χ2v) is 8.59. The molecule has 2 unspecified atom stereocenters. The molecule has 0 aromatic heterocycles. The van der Waals surface area contributed by atoms with E-state index in [0.717, 1.165) is 38.5 Å². The third-order valence-electron chi connectivity index (χ3n) is 5.27. The molecule has 0 aromatic carbocycles. The Hall–Kier alpha value is 0.120. The lowest BCUT2D eigenvalue weighted by Crippen LogP contribution is -2.49. The van der Waals surface area contributed by atoms with Crippen LogP contribution in [0.5, 0.6) is 0 Å². The molecule has 1 aliphatic carbocycles. The highest BCUT2D eigenvalue weighted by atomic mass is 35.5. The van der Waals surface area contributed by atoms with Gasteiger partial charge in [-0.15, -0.1) is 12.4 Å². The molecule has 0 spiro atoms. The summed E-state index contributed by atoms with van der Waals surface area (Å²) in [5.41, 5.74) is 0. The lowest BCUT2D eigenvalue weighted by molar-refractivity contribution is 0.259. The van der Waals surface area contributed by atoms with Crippen LogP contribution in [0.4, 0.5) is 0 Å². The van der Waals surface area contributed by atoms with Crippen LogP contribution >= 0.6 is 12.4 Å². The van der Waals surface area contributed by atoms with Crippen LogP contribution in [-0.2, 0) is 10.2 Å². The number of nitrogens with one attached hydrogen (secondary N) is 1. The zero-order valence-corrected chi connectivity index (χ0v) is 14.5. The predicted molar refractivity (Wildman–Crippen MR) is 86.9 cm³/mol. The Bertz CT molecular complexity index is 440. The molecule has 5 nitrogen and oxygen atoms in total. The maximum Gasteiger partial charge on any atom is 0.282 e. The fourth-order valence-electron chi connectivity index (χ4n) is 3.94. The van der Waals surface area contributed by atoms with Crippen LogP contribution in [0.1, 0.15) is 51.4 Å². The van der Waals surface area contributed by atoms with Gasteiger partial charge in [0.1, 0.15) is 0 Å². The van der Waals surface area contributed by atoms with E-state index in [1.165, 1.54) is 12.8 Å². The quantitative estimate of drug-likeness (QED) is 0.853. The summed E-state index contributed by atoms with van der Waals surface area (Å²) in [6.45, 7) is 1.32. The lowest BCUT2D eigenvalue weighted by Gasteiger charge is -2.35. The van der Waals surface area contributed by atoms with Crippen molar-refractivity contribution in [3.05, 3.63) is 0 Å². The van der Waals surface area contributed by atoms with Gasteiger partial charge >= 0.3 is 0 Å². The van der Waals surface area contributed by atoms with E-state index in [4.69, 9.17) is 0 Å². The van der Waals surface area contributed by atoms with Crippen LogP contribution in [0.3, 0.4) is 0 Å². The number of rotatable bonds is 3. The highest BCUT2D eigenvalue weighted by Gasteiger charge is 2.38. The Labute approximate surface area is 135 Å².